The lowest BCUT2D eigenvalue weighted by Gasteiger charge is -2.12. The van der Waals surface area contributed by atoms with Crippen molar-refractivity contribution in [2.45, 2.75) is 45.4 Å². The molecule has 0 aliphatic carbocycles. The molecular weight excluding hydrogens is 348 g/mol. The van der Waals surface area contributed by atoms with E-state index in [1.54, 1.807) is 0 Å². The van der Waals surface area contributed by atoms with Crippen molar-refractivity contribution in [3.8, 4) is 22.5 Å². The van der Waals surface area contributed by atoms with Crippen molar-refractivity contribution in [1.29, 1.82) is 0 Å². The van der Waals surface area contributed by atoms with Crippen LogP contribution in [0.15, 0.2) is 60.9 Å². The molecule has 28 heavy (non-hydrogen) atoms. The minimum Gasteiger partial charge on any atom is -0.481 e. The molecule has 0 amide bonds. The molecule has 0 aliphatic rings. The fourth-order valence-corrected chi connectivity index (χ4v) is 3.36. The highest BCUT2D eigenvalue weighted by molar-refractivity contribution is 5.76. The van der Waals surface area contributed by atoms with Crippen LogP contribution in [0.25, 0.3) is 22.5 Å². The summed E-state index contributed by atoms with van der Waals surface area (Å²) in [6, 6.07) is 16.1. The van der Waals surface area contributed by atoms with E-state index < -0.39 is 11.9 Å². The number of nitrogens with zero attached hydrogens (tertiary/aromatic N) is 2. The van der Waals surface area contributed by atoms with Crippen LogP contribution < -0.4 is 0 Å². The lowest BCUT2D eigenvalue weighted by Crippen LogP contribution is -2.11. The van der Waals surface area contributed by atoms with Gasteiger partial charge in [0.25, 0.3) is 0 Å². The fourth-order valence-electron chi connectivity index (χ4n) is 3.36. The molecule has 0 saturated carbocycles. The van der Waals surface area contributed by atoms with Gasteiger partial charge in [-0.15, -0.1) is 0 Å². The SMILES string of the molecule is CCCc1ccc(-c2ncc(-c3ccc(C(CCC)C(=O)O)cc3)cn2)cc1. The minimum atomic E-state index is -0.771. The van der Waals surface area contributed by atoms with E-state index in [1.807, 2.05) is 43.6 Å². The number of hydrogen-bond donors (Lipinski definition) is 1. The lowest BCUT2D eigenvalue weighted by atomic mass is 9.93. The third-order valence-corrected chi connectivity index (χ3v) is 4.92. The Bertz CT molecular complexity index is 901. The third-order valence-electron chi connectivity index (χ3n) is 4.92. The standard InChI is InChI=1S/C24H26N2O2/c1-3-5-17-7-9-20(10-8-17)23-25-15-21(16-26-23)18-11-13-19(14-12-18)22(6-4-2)24(27)28/h7-16,22H,3-6H2,1-2H3,(H,27,28). The summed E-state index contributed by atoms with van der Waals surface area (Å²) < 4.78 is 0. The molecule has 144 valence electrons. The van der Waals surface area contributed by atoms with Crippen molar-refractivity contribution in [2.75, 3.05) is 0 Å². The van der Waals surface area contributed by atoms with E-state index in [-0.39, 0.29) is 0 Å². The van der Waals surface area contributed by atoms with Crippen LogP contribution in [0.5, 0.6) is 0 Å². The molecule has 0 aliphatic heterocycles. The van der Waals surface area contributed by atoms with Crippen LogP contribution in [0.1, 0.15) is 50.2 Å². The number of carbonyl (C=O) groups is 1. The van der Waals surface area contributed by atoms with E-state index in [0.29, 0.717) is 12.2 Å². The average molecular weight is 374 g/mol. The highest BCUT2D eigenvalue weighted by Gasteiger charge is 2.18. The van der Waals surface area contributed by atoms with E-state index in [0.717, 1.165) is 41.5 Å². The van der Waals surface area contributed by atoms with Crippen LogP contribution in [-0.4, -0.2) is 21.0 Å². The highest BCUT2D eigenvalue weighted by Crippen LogP contribution is 2.26. The molecule has 1 heterocycles. The highest BCUT2D eigenvalue weighted by atomic mass is 16.4. The van der Waals surface area contributed by atoms with Gasteiger partial charge in [-0.05, 0) is 29.5 Å². The molecule has 3 rings (SSSR count). The summed E-state index contributed by atoms with van der Waals surface area (Å²) in [5.41, 5.74) is 5.06. The second-order valence-electron chi connectivity index (χ2n) is 7.04. The minimum absolute atomic E-state index is 0.451. The predicted octanol–water partition coefficient (Wildman–Crippen LogP) is 5.73. The molecule has 4 heteroatoms. The molecule has 4 nitrogen and oxygen atoms in total. The Hall–Kier alpha value is -3.01. The second kappa shape index (κ2) is 9.27. The zero-order valence-electron chi connectivity index (χ0n) is 16.4. The van der Waals surface area contributed by atoms with Gasteiger partial charge in [0.1, 0.15) is 0 Å². The maximum atomic E-state index is 11.5. The topological polar surface area (TPSA) is 63.1 Å². The van der Waals surface area contributed by atoms with Gasteiger partial charge in [0.15, 0.2) is 5.82 Å². The van der Waals surface area contributed by atoms with Crippen LogP contribution in [0.3, 0.4) is 0 Å². The normalized spacial score (nSPS) is 11.9. The summed E-state index contributed by atoms with van der Waals surface area (Å²) in [4.78, 5) is 20.5. The molecule has 2 aromatic carbocycles. The summed E-state index contributed by atoms with van der Waals surface area (Å²) >= 11 is 0. The Kier molecular flexibility index (Phi) is 6.53. The molecule has 0 fully saturated rings. The van der Waals surface area contributed by atoms with Gasteiger partial charge in [-0.25, -0.2) is 9.97 Å². The van der Waals surface area contributed by atoms with E-state index in [2.05, 4.69) is 41.2 Å². The zero-order valence-corrected chi connectivity index (χ0v) is 16.4. The van der Waals surface area contributed by atoms with Crippen molar-refractivity contribution in [3.05, 3.63) is 72.1 Å². The number of aryl methyl sites for hydroxylation is 1. The number of aliphatic carboxylic acids is 1. The number of carboxylic acids is 1. The van der Waals surface area contributed by atoms with Crippen molar-refractivity contribution in [3.63, 3.8) is 0 Å². The van der Waals surface area contributed by atoms with Crippen LogP contribution in [0, 0.1) is 0 Å². The summed E-state index contributed by atoms with van der Waals surface area (Å²) in [5.74, 6) is -0.516. The predicted molar refractivity (Wildman–Crippen MR) is 112 cm³/mol. The van der Waals surface area contributed by atoms with Crippen LogP contribution >= 0.6 is 0 Å². The van der Waals surface area contributed by atoms with Crippen molar-refractivity contribution in [2.24, 2.45) is 0 Å². The molecule has 0 saturated heterocycles. The van der Waals surface area contributed by atoms with Crippen LogP contribution in [-0.2, 0) is 11.2 Å². The van der Waals surface area contributed by atoms with Gasteiger partial charge in [0.2, 0.25) is 0 Å². The Morgan fingerprint density at radius 3 is 2.00 bits per heavy atom. The van der Waals surface area contributed by atoms with Gasteiger partial charge in [-0.2, -0.15) is 0 Å². The molecule has 3 aromatic rings. The first-order valence-electron chi connectivity index (χ1n) is 9.86. The number of aromatic nitrogens is 2. The lowest BCUT2D eigenvalue weighted by molar-refractivity contribution is -0.139. The quantitative estimate of drug-likeness (QED) is 0.547. The first kappa shape index (κ1) is 19.7. The second-order valence-corrected chi connectivity index (χ2v) is 7.04. The zero-order chi connectivity index (χ0) is 19.9. The summed E-state index contributed by atoms with van der Waals surface area (Å²) in [6.45, 7) is 4.18. The number of hydrogen-bond acceptors (Lipinski definition) is 3. The molecule has 1 N–H and O–H groups in total. The smallest absolute Gasteiger partial charge is 0.310 e. The Morgan fingerprint density at radius 2 is 1.46 bits per heavy atom. The van der Waals surface area contributed by atoms with Gasteiger partial charge < -0.3 is 5.11 Å². The van der Waals surface area contributed by atoms with Gasteiger partial charge in [-0.3, -0.25) is 4.79 Å². The fraction of sp³-hybridized carbons (Fsp3) is 0.292. The molecule has 1 aromatic heterocycles. The Labute approximate surface area is 166 Å². The van der Waals surface area contributed by atoms with E-state index in [4.69, 9.17) is 0 Å². The van der Waals surface area contributed by atoms with Crippen molar-refractivity contribution < 1.29 is 9.90 Å². The van der Waals surface area contributed by atoms with Crippen molar-refractivity contribution >= 4 is 5.97 Å². The molecule has 1 atom stereocenters. The molecular formula is C24H26N2O2. The average Bonchev–Trinajstić information content (AvgIpc) is 2.73. The van der Waals surface area contributed by atoms with Gasteiger partial charge >= 0.3 is 5.97 Å². The first-order chi connectivity index (χ1) is 13.6. The maximum Gasteiger partial charge on any atom is 0.310 e. The molecule has 0 spiro atoms. The van der Waals surface area contributed by atoms with Gasteiger partial charge in [-0.1, -0.05) is 75.2 Å². The van der Waals surface area contributed by atoms with E-state index in [9.17, 15) is 9.90 Å². The monoisotopic (exact) mass is 374 g/mol. The van der Waals surface area contributed by atoms with Crippen LogP contribution in [0.2, 0.25) is 0 Å². The third kappa shape index (κ3) is 4.63. The molecule has 1 unspecified atom stereocenters. The largest absolute Gasteiger partial charge is 0.481 e. The van der Waals surface area contributed by atoms with E-state index in [1.165, 1.54) is 5.56 Å². The molecule has 0 bridgehead atoms. The van der Waals surface area contributed by atoms with Crippen LogP contribution in [0.4, 0.5) is 0 Å². The van der Waals surface area contributed by atoms with E-state index >= 15 is 0 Å². The summed E-state index contributed by atoms with van der Waals surface area (Å²) in [7, 11) is 0. The van der Waals surface area contributed by atoms with Gasteiger partial charge in [0.05, 0.1) is 5.92 Å². The molecule has 0 radical (unpaired) electrons. The number of carboxylic acid groups (broad SMARTS) is 1. The van der Waals surface area contributed by atoms with Gasteiger partial charge in [0, 0.05) is 23.5 Å². The maximum absolute atomic E-state index is 11.5. The Morgan fingerprint density at radius 1 is 0.857 bits per heavy atom. The number of benzene rings is 2. The van der Waals surface area contributed by atoms with Crippen molar-refractivity contribution in [1.82, 2.24) is 9.97 Å². The Balaban J connectivity index is 1.76. The number of rotatable bonds is 8. The summed E-state index contributed by atoms with van der Waals surface area (Å²) in [6.07, 6.45) is 7.33. The summed E-state index contributed by atoms with van der Waals surface area (Å²) in [5, 5.41) is 9.41. The first-order valence-corrected chi connectivity index (χ1v) is 9.86.